The number of hydrogen-bond acceptors (Lipinski definition) is 3. The molecule has 0 unspecified atom stereocenters. The largest absolute Gasteiger partial charge is 0.623 e. The van der Waals surface area contributed by atoms with Gasteiger partial charge in [0.1, 0.15) is 13.2 Å². The third-order valence-electron chi connectivity index (χ3n) is 3.48. The summed E-state index contributed by atoms with van der Waals surface area (Å²) in [7, 11) is 0. The summed E-state index contributed by atoms with van der Waals surface area (Å²) in [6.07, 6.45) is 1.68. The highest BCUT2D eigenvalue weighted by Crippen LogP contribution is 2.33. The Kier molecular flexibility index (Phi) is 4.16. The fourth-order valence-electron chi connectivity index (χ4n) is 2.25. The number of ether oxygens (including phenoxy) is 2. The maximum atomic E-state index is 12.6. The SMILES string of the molecule is CC(C)/C=[N+](\[O-])C1(c2ccccc2)COC(C)(C)OC1. The van der Waals surface area contributed by atoms with Gasteiger partial charge >= 0.3 is 0 Å². The van der Waals surface area contributed by atoms with E-state index in [1.807, 2.05) is 58.0 Å². The van der Waals surface area contributed by atoms with Gasteiger partial charge in [-0.05, 0) is 13.8 Å². The number of benzene rings is 1. The van der Waals surface area contributed by atoms with E-state index in [4.69, 9.17) is 9.47 Å². The molecule has 0 bridgehead atoms. The van der Waals surface area contributed by atoms with E-state index < -0.39 is 11.3 Å². The first kappa shape index (κ1) is 15.0. The number of hydrogen-bond donors (Lipinski definition) is 0. The molecule has 1 aromatic carbocycles. The second-order valence-corrected chi connectivity index (χ2v) is 6.09. The molecule has 1 aromatic rings. The van der Waals surface area contributed by atoms with Gasteiger partial charge in [-0.15, -0.1) is 0 Å². The minimum absolute atomic E-state index is 0.169. The summed E-state index contributed by atoms with van der Waals surface area (Å²) in [5.41, 5.74) is 0.114. The van der Waals surface area contributed by atoms with Gasteiger partial charge in [0.15, 0.2) is 12.0 Å². The van der Waals surface area contributed by atoms with Crippen molar-refractivity contribution in [2.75, 3.05) is 13.2 Å². The Morgan fingerprint density at radius 2 is 1.70 bits per heavy atom. The minimum atomic E-state index is -0.805. The van der Waals surface area contributed by atoms with Crippen molar-refractivity contribution >= 4 is 6.21 Å². The van der Waals surface area contributed by atoms with Gasteiger partial charge in [0.2, 0.25) is 5.54 Å². The van der Waals surface area contributed by atoms with Crippen molar-refractivity contribution in [2.45, 2.75) is 39.0 Å². The Labute approximate surface area is 120 Å². The van der Waals surface area contributed by atoms with Gasteiger partial charge in [-0.3, -0.25) is 0 Å². The van der Waals surface area contributed by atoms with E-state index in [0.717, 1.165) is 10.3 Å². The van der Waals surface area contributed by atoms with Crippen LogP contribution in [0.1, 0.15) is 33.3 Å². The summed E-state index contributed by atoms with van der Waals surface area (Å²) in [5, 5.41) is 12.6. The van der Waals surface area contributed by atoms with Crippen molar-refractivity contribution in [1.29, 1.82) is 0 Å². The lowest BCUT2D eigenvalue weighted by atomic mass is 9.90. The molecule has 0 aromatic heterocycles. The molecule has 0 atom stereocenters. The van der Waals surface area contributed by atoms with Crippen LogP contribution in [-0.2, 0) is 15.0 Å². The second-order valence-electron chi connectivity index (χ2n) is 6.09. The monoisotopic (exact) mass is 277 g/mol. The van der Waals surface area contributed by atoms with Crippen LogP contribution in [0, 0.1) is 11.1 Å². The second kappa shape index (κ2) is 5.54. The predicted octanol–water partition coefficient (Wildman–Crippen LogP) is 2.90. The van der Waals surface area contributed by atoms with Crippen molar-refractivity contribution in [1.82, 2.24) is 0 Å². The third kappa shape index (κ3) is 3.02. The molecule has 20 heavy (non-hydrogen) atoms. The molecule has 1 fully saturated rings. The number of rotatable bonds is 3. The Bertz CT molecular complexity index is 470. The van der Waals surface area contributed by atoms with E-state index in [-0.39, 0.29) is 5.92 Å². The zero-order valence-electron chi connectivity index (χ0n) is 12.6. The molecule has 1 heterocycles. The average molecular weight is 277 g/mol. The lowest BCUT2D eigenvalue weighted by Gasteiger charge is -2.41. The first-order valence-corrected chi connectivity index (χ1v) is 7.01. The smallest absolute Gasteiger partial charge is 0.243 e. The van der Waals surface area contributed by atoms with E-state index in [2.05, 4.69) is 0 Å². The van der Waals surface area contributed by atoms with Crippen LogP contribution in [0.15, 0.2) is 30.3 Å². The van der Waals surface area contributed by atoms with Crippen molar-refractivity contribution in [2.24, 2.45) is 5.92 Å². The van der Waals surface area contributed by atoms with Gasteiger partial charge < -0.3 is 14.7 Å². The highest BCUT2D eigenvalue weighted by atomic mass is 16.7. The van der Waals surface area contributed by atoms with Gasteiger partial charge in [0, 0.05) is 11.5 Å². The molecule has 0 amide bonds. The topological polar surface area (TPSA) is 44.5 Å². The van der Waals surface area contributed by atoms with E-state index >= 15 is 0 Å². The van der Waals surface area contributed by atoms with Crippen LogP contribution in [0.4, 0.5) is 0 Å². The standard InChI is InChI=1S/C16H23NO3/c1-13(2)10-17(18)16(14-8-6-5-7-9-14)11-19-15(3,4)20-12-16/h5-10,13H,11-12H2,1-4H3/b17-10-. The van der Waals surface area contributed by atoms with Gasteiger partial charge in [-0.2, -0.15) is 0 Å². The third-order valence-corrected chi connectivity index (χ3v) is 3.48. The Hall–Kier alpha value is -1.39. The normalized spacial score (nSPS) is 21.9. The number of nitrogens with zero attached hydrogens (tertiary/aromatic N) is 1. The quantitative estimate of drug-likeness (QED) is 0.369. The summed E-state index contributed by atoms with van der Waals surface area (Å²) in [4.78, 5) is 0. The fraction of sp³-hybridized carbons (Fsp3) is 0.562. The zero-order chi connectivity index (χ0) is 14.8. The van der Waals surface area contributed by atoms with Crippen LogP contribution in [0.3, 0.4) is 0 Å². The van der Waals surface area contributed by atoms with E-state index in [9.17, 15) is 5.21 Å². The van der Waals surface area contributed by atoms with Gasteiger partial charge in [-0.25, -0.2) is 4.74 Å². The van der Waals surface area contributed by atoms with E-state index in [0.29, 0.717) is 13.2 Å². The van der Waals surface area contributed by atoms with Crippen molar-refractivity contribution < 1.29 is 14.2 Å². The first-order valence-electron chi connectivity index (χ1n) is 7.01. The maximum Gasteiger partial charge on any atom is 0.243 e. The fourth-order valence-corrected chi connectivity index (χ4v) is 2.25. The average Bonchev–Trinajstić information content (AvgIpc) is 2.39. The maximum absolute atomic E-state index is 12.6. The number of hydroxylamine groups is 1. The summed E-state index contributed by atoms with van der Waals surface area (Å²) >= 11 is 0. The molecule has 1 aliphatic rings. The highest BCUT2D eigenvalue weighted by molar-refractivity contribution is 5.54. The molecule has 2 rings (SSSR count). The molecule has 0 aliphatic carbocycles. The van der Waals surface area contributed by atoms with E-state index in [1.54, 1.807) is 6.21 Å². The van der Waals surface area contributed by atoms with Crippen molar-refractivity contribution in [3.63, 3.8) is 0 Å². The Morgan fingerprint density at radius 1 is 1.15 bits per heavy atom. The van der Waals surface area contributed by atoms with Gasteiger partial charge in [0.25, 0.3) is 0 Å². The molecule has 1 aliphatic heterocycles. The zero-order valence-corrected chi connectivity index (χ0v) is 12.6. The molecule has 4 nitrogen and oxygen atoms in total. The Morgan fingerprint density at radius 3 is 2.20 bits per heavy atom. The van der Waals surface area contributed by atoms with Crippen LogP contribution in [0.5, 0.6) is 0 Å². The van der Waals surface area contributed by atoms with E-state index in [1.165, 1.54) is 0 Å². The Balaban J connectivity index is 2.40. The molecule has 110 valence electrons. The summed E-state index contributed by atoms with van der Waals surface area (Å²) in [5.74, 6) is -0.472. The molecule has 0 N–H and O–H groups in total. The lowest BCUT2D eigenvalue weighted by Crippen LogP contribution is -2.54. The molecule has 4 heteroatoms. The predicted molar refractivity (Wildman–Crippen MR) is 78.6 cm³/mol. The van der Waals surface area contributed by atoms with Crippen molar-refractivity contribution in [3.8, 4) is 0 Å². The summed E-state index contributed by atoms with van der Waals surface area (Å²) < 4.78 is 12.5. The molecule has 1 saturated heterocycles. The van der Waals surface area contributed by atoms with Crippen LogP contribution in [-0.4, -0.2) is 30.0 Å². The molecular weight excluding hydrogens is 254 g/mol. The molecule has 0 spiro atoms. The minimum Gasteiger partial charge on any atom is -0.623 e. The molecule has 0 saturated carbocycles. The van der Waals surface area contributed by atoms with Crippen molar-refractivity contribution in [3.05, 3.63) is 41.1 Å². The van der Waals surface area contributed by atoms with Crippen LogP contribution in [0.2, 0.25) is 0 Å². The summed E-state index contributed by atoms with van der Waals surface area (Å²) in [6, 6.07) is 9.70. The first-order chi connectivity index (χ1) is 9.36. The summed E-state index contributed by atoms with van der Waals surface area (Å²) in [6.45, 7) is 8.33. The van der Waals surface area contributed by atoms with Gasteiger partial charge in [-0.1, -0.05) is 44.2 Å². The highest BCUT2D eigenvalue weighted by Gasteiger charge is 2.48. The molecular formula is C16H23NO3. The van der Waals surface area contributed by atoms with Crippen LogP contribution in [0.25, 0.3) is 0 Å². The lowest BCUT2D eigenvalue weighted by molar-refractivity contribution is -0.586. The van der Waals surface area contributed by atoms with Crippen LogP contribution >= 0.6 is 0 Å². The molecule has 0 radical (unpaired) electrons. The van der Waals surface area contributed by atoms with Gasteiger partial charge in [0.05, 0.1) is 0 Å². The van der Waals surface area contributed by atoms with Crippen LogP contribution < -0.4 is 0 Å².